The quantitative estimate of drug-likeness (QED) is 0.271. The van der Waals surface area contributed by atoms with Gasteiger partial charge in [0.05, 0.1) is 0 Å². The Bertz CT molecular complexity index is 300. The average molecular weight is 327 g/mol. The van der Waals surface area contributed by atoms with Crippen molar-refractivity contribution in [3.8, 4) is 0 Å². The maximum atomic E-state index is 5.22. The van der Waals surface area contributed by atoms with Crippen LogP contribution >= 0.6 is 0 Å². The van der Waals surface area contributed by atoms with Crippen LogP contribution in [0.2, 0.25) is 0 Å². The summed E-state index contributed by atoms with van der Waals surface area (Å²) in [4.78, 5) is 4.01. The minimum atomic E-state index is 0. The molecule has 7 heteroatoms. The number of hydrogen-bond donors (Lipinski definition) is 1. The van der Waals surface area contributed by atoms with E-state index in [9.17, 15) is 0 Å². The van der Waals surface area contributed by atoms with Crippen LogP contribution in [0, 0.1) is 0 Å². The predicted molar refractivity (Wildman–Crippen MR) is 49.2 cm³/mol. The summed E-state index contributed by atoms with van der Waals surface area (Å²) >= 11 is 2.52. The molecule has 1 aromatic rings. The van der Waals surface area contributed by atoms with E-state index in [-0.39, 0.29) is 31.9 Å². The number of aromatic nitrogens is 1. The molecule has 0 aromatic carbocycles. The number of nitrogens with zero attached hydrogens (tertiary/aromatic N) is 3. The van der Waals surface area contributed by atoms with Crippen LogP contribution < -0.4 is 18.1 Å². The Morgan fingerprint density at radius 2 is 2.21 bits per heavy atom. The number of nitrogens with two attached hydrogens (primary N) is 1. The minimum absolute atomic E-state index is 0. The SMILES string of the molecule is N/C([Se-])=N/N=C/c1ccccn1.[Cl-].[Zn+2]. The van der Waals surface area contributed by atoms with Crippen LogP contribution in [0.15, 0.2) is 34.6 Å². The van der Waals surface area contributed by atoms with Crippen molar-refractivity contribution in [2.45, 2.75) is 0 Å². The van der Waals surface area contributed by atoms with Crippen molar-refractivity contribution in [3.05, 3.63) is 30.1 Å². The minimum Gasteiger partial charge on any atom is -1.00 e. The molecule has 0 saturated carbocycles. The second-order valence-electron chi connectivity index (χ2n) is 1.94. The molecule has 0 amide bonds. The summed E-state index contributed by atoms with van der Waals surface area (Å²) in [6, 6.07) is 5.54. The molecule has 0 spiro atoms. The summed E-state index contributed by atoms with van der Waals surface area (Å²) in [5.41, 5.74) is 5.97. The smallest absolute Gasteiger partial charge is 1.00 e. The van der Waals surface area contributed by atoms with E-state index in [1.54, 1.807) is 6.20 Å². The van der Waals surface area contributed by atoms with E-state index in [0.717, 1.165) is 5.69 Å². The van der Waals surface area contributed by atoms with Crippen LogP contribution in [0.3, 0.4) is 0 Å². The van der Waals surface area contributed by atoms with Crippen LogP contribution in [-0.4, -0.2) is 31.9 Å². The second-order valence-corrected chi connectivity index (χ2v) is 2.81. The number of rotatable bonds is 2. The third-order valence-electron chi connectivity index (χ3n) is 1.03. The Balaban J connectivity index is 0. The molecule has 4 nitrogen and oxygen atoms in total. The monoisotopic (exact) mass is 326 g/mol. The molecule has 0 unspecified atom stereocenters. The van der Waals surface area contributed by atoms with Crippen molar-refractivity contribution in [1.29, 1.82) is 0 Å². The van der Waals surface area contributed by atoms with Crippen LogP contribution in [0.4, 0.5) is 0 Å². The Hall–Kier alpha value is -0.277. The topological polar surface area (TPSA) is 63.6 Å². The van der Waals surface area contributed by atoms with Gasteiger partial charge in [-0.15, -0.1) is 0 Å². The van der Waals surface area contributed by atoms with E-state index in [2.05, 4.69) is 31.2 Å². The summed E-state index contributed by atoms with van der Waals surface area (Å²) in [6.45, 7) is 0. The molecule has 14 heavy (non-hydrogen) atoms. The van der Waals surface area contributed by atoms with Gasteiger partial charge in [0.25, 0.3) is 0 Å². The van der Waals surface area contributed by atoms with E-state index < -0.39 is 0 Å². The molecule has 0 aliphatic carbocycles. The molecule has 0 atom stereocenters. The van der Waals surface area contributed by atoms with Gasteiger partial charge in [-0.3, -0.25) is 0 Å². The van der Waals surface area contributed by atoms with Gasteiger partial charge in [0.2, 0.25) is 0 Å². The van der Waals surface area contributed by atoms with Gasteiger partial charge >= 0.3 is 97.4 Å². The predicted octanol–water partition coefficient (Wildman–Crippen LogP) is -3.10. The Kier molecular flexibility index (Phi) is 10.7. The Morgan fingerprint density at radius 3 is 2.71 bits per heavy atom. The first-order valence-corrected chi connectivity index (χ1v) is 4.09. The molecule has 0 bridgehead atoms. The van der Waals surface area contributed by atoms with Gasteiger partial charge in [0.15, 0.2) is 0 Å². The zero-order chi connectivity index (χ0) is 8.81. The molecular weight excluding hydrogens is 320 g/mol. The van der Waals surface area contributed by atoms with Gasteiger partial charge in [-0.1, -0.05) is 0 Å². The fraction of sp³-hybridized carbons (Fsp3) is 0. The number of halogens is 1. The van der Waals surface area contributed by atoms with E-state index in [4.69, 9.17) is 5.73 Å². The van der Waals surface area contributed by atoms with Gasteiger partial charge in [0, 0.05) is 0 Å². The summed E-state index contributed by atoms with van der Waals surface area (Å²) in [5, 5.41) is 7.27. The number of hydrogen-bond acceptors (Lipinski definition) is 3. The molecule has 1 rings (SSSR count). The summed E-state index contributed by atoms with van der Waals surface area (Å²) in [6.07, 6.45) is 3.22. The van der Waals surface area contributed by atoms with E-state index in [0.29, 0.717) is 4.73 Å². The van der Waals surface area contributed by atoms with Crippen molar-refractivity contribution < 1.29 is 31.9 Å². The van der Waals surface area contributed by atoms with E-state index in [1.807, 2.05) is 18.2 Å². The van der Waals surface area contributed by atoms with Gasteiger partial charge in [0.1, 0.15) is 0 Å². The summed E-state index contributed by atoms with van der Waals surface area (Å²) in [7, 11) is 0. The first kappa shape index (κ1) is 16.2. The second kappa shape index (κ2) is 9.28. The number of amidine groups is 1. The molecule has 0 saturated heterocycles. The fourth-order valence-corrected chi connectivity index (χ4v) is 0.696. The summed E-state index contributed by atoms with van der Waals surface area (Å²) < 4.78 is 0.308. The zero-order valence-corrected chi connectivity index (χ0v) is 12.7. The van der Waals surface area contributed by atoms with Crippen molar-refractivity contribution >= 4 is 27.0 Å². The normalized spacial score (nSPS) is 10.4. The van der Waals surface area contributed by atoms with Crippen LogP contribution in [0.5, 0.6) is 0 Å². The van der Waals surface area contributed by atoms with E-state index in [1.165, 1.54) is 6.21 Å². The third kappa shape index (κ3) is 7.16. The number of pyridine rings is 1. The van der Waals surface area contributed by atoms with Gasteiger partial charge in [-0.25, -0.2) is 0 Å². The van der Waals surface area contributed by atoms with Gasteiger partial charge in [-0.2, -0.15) is 0 Å². The zero-order valence-electron chi connectivity index (χ0n) is 7.30. The molecule has 0 radical (unpaired) electrons. The molecule has 0 aliphatic rings. The molecule has 2 N–H and O–H groups in total. The molecule has 1 heterocycles. The maximum Gasteiger partial charge on any atom is 2.00 e. The largest absolute Gasteiger partial charge is 2.00 e. The van der Waals surface area contributed by atoms with Crippen molar-refractivity contribution in [1.82, 2.24) is 4.98 Å². The van der Waals surface area contributed by atoms with Crippen molar-refractivity contribution in [3.63, 3.8) is 0 Å². The van der Waals surface area contributed by atoms with Crippen LogP contribution in [-0.2, 0) is 19.5 Å². The average Bonchev–Trinajstić information content (AvgIpc) is 2.05. The molecule has 0 aliphatic heterocycles. The van der Waals surface area contributed by atoms with Gasteiger partial charge < -0.3 is 12.4 Å². The third-order valence-corrected chi connectivity index (χ3v) is 1.21. The molecular formula is C7H7ClN4SeZn. The van der Waals surface area contributed by atoms with Gasteiger partial charge in [-0.05, 0) is 0 Å². The molecule has 1 aromatic heterocycles. The van der Waals surface area contributed by atoms with E-state index >= 15 is 0 Å². The molecule has 70 valence electrons. The first-order valence-electron chi connectivity index (χ1n) is 3.23. The molecule has 0 fully saturated rings. The van der Waals surface area contributed by atoms with Crippen molar-refractivity contribution in [2.24, 2.45) is 15.9 Å². The Morgan fingerprint density at radius 1 is 1.50 bits per heavy atom. The fourth-order valence-electron chi connectivity index (χ4n) is 0.597. The van der Waals surface area contributed by atoms with Crippen LogP contribution in [0.25, 0.3) is 0 Å². The van der Waals surface area contributed by atoms with Crippen molar-refractivity contribution in [2.75, 3.05) is 0 Å². The first-order chi connectivity index (χ1) is 5.79. The summed E-state index contributed by atoms with van der Waals surface area (Å²) in [5.74, 6) is 0. The standard InChI is InChI=1S/C7H8N4Se.ClH.Zn/c8-7(12)11-10-5-6-3-1-2-4-9-6;;/h1-5H,(H3,8,11,12);1H;/q;;+2/p-2/b10-5+;;. The van der Waals surface area contributed by atoms with Crippen LogP contribution in [0.1, 0.15) is 5.69 Å². The maximum absolute atomic E-state index is 5.22. The Labute approximate surface area is 109 Å².